The van der Waals surface area contributed by atoms with E-state index in [1.165, 1.54) is 0 Å². The molecule has 4 unspecified atom stereocenters. The van der Waals surface area contributed by atoms with Crippen LogP contribution in [0.4, 0.5) is 0 Å². The fraction of sp³-hybridized carbons (Fsp3) is 0.875. The van der Waals surface area contributed by atoms with Crippen LogP contribution in [0.25, 0.3) is 0 Å². The van der Waals surface area contributed by atoms with E-state index < -0.39 is 47.2 Å². The lowest BCUT2D eigenvalue weighted by atomic mass is 9.77. The Hall–Kier alpha value is -1.22. The number of hydrogen-bond acceptors (Lipinski definition) is 6. The maximum atomic E-state index is 11.7. The second-order valence-corrected chi connectivity index (χ2v) is 7.97. The highest BCUT2D eigenvalue weighted by atomic mass is 17.2. The summed E-state index contributed by atoms with van der Waals surface area (Å²) in [6, 6.07) is 0. The second-order valence-electron chi connectivity index (χ2n) is 7.97. The molecule has 2 N–H and O–H groups in total. The van der Waals surface area contributed by atoms with Gasteiger partial charge in [0, 0.05) is 0 Å². The number of carboxylic acid groups (broad SMARTS) is 2. The topological polar surface area (TPSA) is 112 Å². The summed E-state index contributed by atoms with van der Waals surface area (Å²) in [6.07, 6.45) is -1.57. The van der Waals surface area contributed by atoms with E-state index in [0.717, 1.165) is 0 Å². The molecule has 0 aromatic carbocycles. The van der Waals surface area contributed by atoms with Crippen LogP contribution in [0.5, 0.6) is 0 Å². The summed E-state index contributed by atoms with van der Waals surface area (Å²) in [4.78, 5) is 44.2. The van der Waals surface area contributed by atoms with Gasteiger partial charge in [0.2, 0.25) is 0 Å². The van der Waals surface area contributed by atoms with Crippen molar-refractivity contribution >= 4 is 11.9 Å². The van der Waals surface area contributed by atoms with Crippen LogP contribution < -0.4 is 0 Å². The van der Waals surface area contributed by atoms with Crippen molar-refractivity contribution < 1.29 is 39.4 Å². The van der Waals surface area contributed by atoms with Crippen LogP contribution >= 0.6 is 0 Å². The van der Waals surface area contributed by atoms with Gasteiger partial charge in [-0.25, -0.2) is 19.6 Å². The van der Waals surface area contributed by atoms with Crippen LogP contribution in [-0.4, -0.2) is 45.6 Å². The van der Waals surface area contributed by atoms with E-state index in [1.807, 2.05) is 0 Å². The minimum Gasteiger partial charge on any atom is -0.481 e. The molecule has 24 heavy (non-hydrogen) atoms. The first-order valence-corrected chi connectivity index (χ1v) is 7.96. The molecule has 0 heterocycles. The maximum absolute atomic E-state index is 11.7. The van der Waals surface area contributed by atoms with Crippen LogP contribution in [-0.2, 0) is 29.1 Å². The van der Waals surface area contributed by atoms with Gasteiger partial charge in [-0.2, -0.15) is 0 Å². The third-order valence-corrected chi connectivity index (χ3v) is 3.35. The lowest BCUT2D eigenvalue weighted by molar-refractivity contribution is -0.417. The Morgan fingerprint density at radius 3 is 1.75 bits per heavy atom. The monoisotopic (exact) mass is 348 g/mol. The molecule has 1 saturated carbocycles. The summed E-state index contributed by atoms with van der Waals surface area (Å²) >= 11 is 0. The molecular formula is C16H28O8. The van der Waals surface area contributed by atoms with E-state index in [1.54, 1.807) is 41.5 Å². The first kappa shape index (κ1) is 20.8. The number of aliphatic carboxylic acids is 2. The van der Waals surface area contributed by atoms with Gasteiger partial charge in [-0.1, -0.05) is 0 Å². The standard InChI is InChI=1S/C16H28O8/c1-15(2,3)23-21-10-8-7-9(13(17)18)12(11(10)14(19)20)22-24-16(4,5)6/h9-12H,7-8H2,1-6H3,(H,17,18)(H,19,20). The number of carbonyl (C=O) groups is 2. The molecule has 4 atom stereocenters. The molecule has 0 bridgehead atoms. The lowest BCUT2D eigenvalue weighted by Crippen LogP contribution is -2.51. The largest absolute Gasteiger partial charge is 0.481 e. The zero-order chi connectivity index (χ0) is 18.7. The Kier molecular flexibility index (Phi) is 6.75. The molecule has 140 valence electrons. The first-order valence-electron chi connectivity index (χ1n) is 7.96. The zero-order valence-electron chi connectivity index (χ0n) is 15.1. The average molecular weight is 348 g/mol. The van der Waals surface area contributed by atoms with Crippen molar-refractivity contribution in [2.75, 3.05) is 0 Å². The van der Waals surface area contributed by atoms with E-state index in [-0.39, 0.29) is 12.8 Å². The van der Waals surface area contributed by atoms with Crippen LogP contribution in [0.15, 0.2) is 0 Å². The molecule has 0 radical (unpaired) electrons. The van der Waals surface area contributed by atoms with E-state index in [9.17, 15) is 19.8 Å². The average Bonchev–Trinajstić information content (AvgIpc) is 2.39. The molecular weight excluding hydrogens is 320 g/mol. The van der Waals surface area contributed by atoms with Crippen LogP contribution in [0, 0.1) is 11.8 Å². The smallest absolute Gasteiger partial charge is 0.312 e. The Labute approximate surface area is 141 Å². The van der Waals surface area contributed by atoms with Crippen LogP contribution in [0.3, 0.4) is 0 Å². The summed E-state index contributed by atoms with van der Waals surface area (Å²) in [6.45, 7) is 10.5. The highest BCUT2D eigenvalue weighted by Crippen LogP contribution is 2.36. The third kappa shape index (κ3) is 6.35. The van der Waals surface area contributed by atoms with Gasteiger partial charge < -0.3 is 10.2 Å². The van der Waals surface area contributed by atoms with Crippen molar-refractivity contribution in [1.82, 2.24) is 0 Å². The highest BCUT2D eigenvalue weighted by Gasteiger charge is 2.50. The Morgan fingerprint density at radius 1 is 0.833 bits per heavy atom. The van der Waals surface area contributed by atoms with Gasteiger partial charge in [-0.3, -0.25) is 9.59 Å². The normalized spacial score (nSPS) is 28.6. The predicted molar refractivity (Wildman–Crippen MR) is 82.9 cm³/mol. The van der Waals surface area contributed by atoms with Gasteiger partial charge in [0.05, 0.1) is 17.1 Å². The molecule has 0 aromatic heterocycles. The number of carboxylic acids is 2. The number of rotatable bonds is 6. The first-order chi connectivity index (χ1) is 10.8. The molecule has 0 aromatic rings. The molecule has 0 saturated heterocycles. The summed E-state index contributed by atoms with van der Waals surface area (Å²) in [7, 11) is 0. The van der Waals surface area contributed by atoms with Crippen LogP contribution in [0.1, 0.15) is 54.4 Å². The minimum absolute atomic E-state index is 0.204. The fourth-order valence-electron chi connectivity index (χ4n) is 2.35. The Bertz CT molecular complexity index is 448. The molecule has 8 nitrogen and oxygen atoms in total. The van der Waals surface area contributed by atoms with Crippen molar-refractivity contribution in [3.63, 3.8) is 0 Å². The van der Waals surface area contributed by atoms with Crippen molar-refractivity contribution in [2.24, 2.45) is 11.8 Å². The quantitative estimate of drug-likeness (QED) is 0.556. The predicted octanol–water partition coefficient (Wildman–Crippen LogP) is 2.41. The summed E-state index contributed by atoms with van der Waals surface area (Å²) in [5.41, 5.74) is -1.33. The maximum Gasteiger partial charge on any atom is 0.312 e. The summed E-state index contributed by atoms with van der Waals surface area (Å²) in [5, 5.41) is 19.0. The van der Waals surface area contributed by atoms with Gasteiger partial charge in [0.25, 0.3) is 0 Å². The van der Waals surface area contributed by atoms with Gasteiger partial charge in [-0.15, -0.1) is 0 Å². The van der Waals surface area contributed by atoms with Gasteiger partial charge in [0.1, 0.15) is 18.1 Å². The van der Waals surface area contributed by atoms with E-state index in [2.05, 4.69) is 0 Å². The van der Waals surface area contributed by atoms with Gasteiger partial charge >= 0.3 is 11.9 Å². The molecule has 1 rings (SSSR count). The minimum atomic E-state index is -1.22. The third-order valence-electron chi connectivity index (χ3n) is 3.35. The zero-order valence-corrected chi connectivity index (χ0v) is 15.1. The van der Waals surface area contributed by atoms with E-state index in [4.69, 9.17) is 19.6 Å². The van der Waals surface area contributed by atoms with Crippen molar-refractivity contribution in [2.45, 2.75) is 77.8 Å². The summed E-state index contributed by atoms with van der Waals surface area (Å²) < 4.78 is 0. The lowest BCUT2D eigenvalue weighted by Gasteiger charge is -2.38. The van der Waals surface area contributed by atoms with E-state index >= 15 is 0 Å². The fourth-order valence-corrected chi connectivity index (χ4v) is 2.35. The molecule has 1 fully saturated rings. The van der Waals surface area contributed by atoms with Gasteiger partial charge in [0.15, 0.2) is 0 Å². The van der Waals surface area contributed by atoms with Crippen molar-refractivity contribution in [3.05, 3.63) is 0 Å². The molecule has 0 spiro atoms. The molecule has 1 aliphatic rings. The Balaban J connectivity index is 2.98. The van der Waals surface area contributed by atoms with E-state index in [0.29, 0.717) is 0 Å². The van der Waals surface area contributed by atoms with Crippen molar-refractivity contribution in [3.8, 4) is 0 Å². The molecule has 0 aliphatic heterocycles. The van der Waals surface area contributed by atoms with Crippen LogP contribution in [0.2, 0.25) is 0 Å². The molecule has 8 heteroatoms. The van der Waals surface area contributed by atoms with Crippen molar-refractivity contribution in [1.29, 1.82) is 0 Å². The molecule has 0 amide bonds. The Morgan fingerprint density at radius 2 is 1.33 bits per heavy atom. The number of hydrogen-bond donors (Lipinski definition) is 2. The SMILES string of the molecule is CC(C)(C)OOC1CCC(C(=O)O)C(OOC(C)(C)C)C1C(=O)O. The summed E-state index contributed by atoms with van der Waals surface area (Å²) in [5.74, 6) is -4.56. The van der Waals surface area contributed by atoms with Gasteiger partial charge in [-0.05, 0) is 54.4 Å². The highest BCUT2D eigenvalue weighted by molar-refractivity contribution is 5.76. The second kappa shape index (κ2) is 7.77. The molecule has 1 aliphatic carbocycles.